The van der Waals surface area contributed by atoms with Crippen LogP contribution in [0.15, 0.2) is 36.4 Å². The van der Waals surface area contributed by atoms with Crippen molar-refractivity contribution >= 4 is 6.09 Å². The number of carbonyl (C=O) groups is 1. The second kappa shape index (κ2) is 7.84. The molecular weight excluding hydrogens is 397 g/mol. The number of benzene rings is 1. The minimum atomic E-state index is -0.479. The highest BCUT2D eigenvalue weighted by atomic mass is 19.1. The van der Waals surface area contributed by atoms with Gasteiger partial charge in [-0.1, -0.05) is 12.1 Å². The van der Waals surface area contributed by atoms with Crippen LogP contribution in [0, 0.1) is 22.6 Å². The standard InChI is InChI=1S/C24H26FN3O3/c1-23(2,3)31-22(29)28-14-24(15-28)10-18(11-24)20-5-4-6-21(27-20)30-13-17-8-7-16(12-26)9-19(17)25/h4-9,18H,10-11,13-15H2,1-3H3. The lowest BCUT2D eigenvalue weighted by Crippen LogP contribution is -2.63. The summed E-state index contributed by atoms with van der Waals surface area (Å²) in [6, 6.07) is 11.9. The molecule has 31 heavy (non-hydrogen) atoms. The summed E-state index contributed by atoms with van der Waals surface area (Å²) in [4.78, 5) is 18.5. The van der Waals surface area contributed by atoms with Gasteiger partial charge < -0.3 is 14.4 Å². The van der Waals surface area contributed by atoms with Gasteiger partial charge in [0, 0.05) is 41.7 Å². The summed E-state index contributed by atoms with van der Waals surface area (Å²) in [5, 5.41) is 8.83. The second-order valence-corrected chi connectivity index (χ2v) is 9.55. The molecule has 1 saturated carbocycles. The van der Waals surface area contributed by atoms with Crippen molar-refractivity contribution < 1.29 is 18.7 Å². The molecule has 2 aromatic rings. The third kappa shape index (κ3) is 4.63. The normalized spacial score (nSPS) is 17.5. The van der Waals surface area contributed by atoms with Gasteiger partial charge in [0.1, 0.15) is 18.0 Å². The van der Waals surface area contributed by atoms with Gasteiger partial charge in [0.05, 0.1) is 11.6 Å². The number of aromatic nitrogens is 1. The molecular formula is C24H26FN3O3. The van der Waals surface area contributed by atoms with Gasteiger partial charge in [-0.15, -0.1) is 0 Å². The van der Waals surface area contributed by atoms with Gasteiger partial charge in [-0.25, -0.2) is 14.2 Å². The molecule has 0 unspecified atom stereocenters. The fourth-order valence-electron chi connectivity index (χ4n) is 4.30. The lowest BCUT2D eigenvalue weighted by atomic mass is 9.57. The summed E-state index contributed by atoms with van der Waals surface area (Å²) in [5.74, 6) is 0.317. The number of hydrogen-bond donors (Lipinski definition) is 0. The SMILES string of the molecule is CC(C)(C)OC(=O)N1CC2(CC(c3cccc(OCc4ccc(C#N)cc4F)n3)C2)C1. The molecule has 1 aliphatic carbocycles. The van der Waals surface area contributed by atoms with E-state index in [1.807, 2.05) is 39.0 Å². The Balaban J connectivity index is 1.30. The zero-order valence-corrected chi connectivity index (χ0v) is 18.0. The van der Waals surface area contributed by atoms with E-state index in [1.165, 1.54) is 6.07 Å². The molecule has 4 rings (SSSR count). The Morgan fingerprint density at radius 1 is 1.29 bits per heavy atom. The summed E-state index contributed by atoms with van der Waals surface area (Å²) in [6.45, 7) is 7.12. The maximum absolute atomic E-state index is 14.0. The number of likely N-dealkylation sites (tertiary alicyclic amines) is 1. The number of carbonyl (C=O) groups excluding carboxylic acids is 1. The molecule has 1 amide bonds. The van der Waals surface area contributed by atoms with E-state index < -0.39 is 11.4 Å². The van der Waals surface area contributed by atoms with Crippen LogP contribution in [0.25, 0.3) is 0 Å². The van der Waals surface area contributed by atoms with Crippen molar-refractivity contribution in [3.8, 4) is 11.9 Å². The van der Waals surface area contributed by atoms with E-state index in [0.717, 1.165) is 31.6 Å². The third-order valence-electron chi connectivity index (χ3n) is 5.78. The Kier molecular flexibility index (Phi) is 5.34. The topological polar surface area (TPSA) is 75.4 Å². The van der Waals surface area contributed by atoms with Gasteiger partial charge in [0.15, 0.2) is 0 Å². The van der Waals surface area contributed by atoms with Crippen LogP contribution in [-0.2, 0) is 11.3 Å². The van der Waals surface area contributed by atoms with E-state index in [9.17, 15) is 9.18 Å². The highest BCUT2D eigenvalue weighted by Gasteiger charge is 2.55. The van der Waals surface area contributed by atoms with E-state index in [1.54, 1.807) is 23.1 Å². The number of nitriles is 1. The quantitative estimate of drug-likeness (QED) is 0.707. The van der Waals surface area contributed by atoms with Crippen molar-refractivity contribution in [3.63, 3.8) is 0 Å². The fraction of sp³-hybridized carbons (Fsp3) is 0.458. The van der Waals surface area contributed by atoms with Gasteiger partial charge in [-0.05, 0) is 51.8 Å². The van der Waals surface area contributed by atoms with Crippen LogP contribution in [0.4, 0.5) is 9.18 Å². The number of ether oxygens (including phenoxy) is 2. The number of rotatable bonds is 4. The molecule has 0 atom stereocenters. The largest absolute Gasteiger partial charge is 0.473 e. The number of hydrogen-bond acceptors (Lipinski definition) is 5. The smallest absolute Gasteiger partial charge is 0.410 e. The predicted molar refractivity (Wildman–Crippen MR) is 112 cm³/mol. The number of halogens is 1. The van der Waals surface area contributed by atoms with Crippen LogP contribution in [0.5, 0.6) is 5.88 Å². The predicted octanol–water partition coefficient (Wildman–Crippen LogP) is 4.79. The second-order valence-electron chi connectivity index (χ2n) is 9.55. The summed E-state index contributed by atoms with van der Waals surface area (Å²) < 4.78 is 25.2. The zero-order chi connectivity index (χ0) is 22.2. The zero-order valence-electron chi connectivity index (χ0n) is 18.0. The molecule has 6 nitrogen and oxygen atoms in total. The Bertz CT molecular complexity index is 1030. The molecule has 7 heteroatoms. The third-order valence-corrected chi connectivity index (χ3v) is 5.78. The van der Waals surface area contributed by atoms with E-state index in [2.05, 4.69) is 4.98 Å². The van der Waals surface area contributed by atoms with Gasteiger partial charge in [-0.2, -0.15) is 5.26 Å². The molecule has 1 saturated heterocycles. The Hall–Kier alpha value is -3.14. The molecule has 1 spiro atoms. The van der Waals surface area contributed by atoms with Crippen LogP contribution >= 0.6 is 0 Å². The number of amides is 1. The van der Waals surface area contributed by atoms with Crippen LogP contribution in [0.2, 0.25) is 0 Å². The van der Waals surface area contributed by atoms with Crippen LogP contribution in [0.3, 0.4) is 0 Å². The summed E-state index contributed by atoms with van der Waals surface area (Å²) >= 11 is 0. The van der Waals surface area contributed by atoms with Crippen molar-refractivity contribution in [1.29, 1.82) is 5.26 Å². The van der Waals surface area contributed by atoms with Crippen LogP contribution < -0.4 is 4.74 Å². The molecule has 1 aliphatic heterocycles. The van der Waals surface area contributed by atoms with Crippen LogP contribution in [-0.4, -0.2) is 34.7 Å². The van der Waals surface area contributed by atoms with Crippen molar-refractivity contribution in [3.05, 3.63) is 59.0 Å². The first kappa shape index (κ1) is 21.1. The minimum absolute atomic E-state index is 0.0491. The molecule has 2 heterocycles. The van der Waals surface area contributed by atoms with E-state index >= 15 is 0 Å². The molecule has 0 radical (unpaired) electrons. The maximum atomic E-state index is 14.0. The van der Waals surface area contributed by atoms with Crippen molar-refractivity contribution in [2.24, 2.45) is 5.41 Å². The van der Waals surface area contributed by atoms with Crippen molar-refractivity contribution in [1.82, 2.24) is 9.88 Å². The molecule has 0 bridgehead atoms. The average Bonchev–Trinajstić information content (AvgIpc) is 2.63. The molecule has 0 N–H and O–H groups in total. The van der Waals surface area contributed by atoms with Gasteiger partial charge in [0.2, 0.25) is 5.88 Å². The molecule has 1 aromatic carbocycles. The van der Waals surface area contributed by atoms with Crippen molar-refractivity contribution in [2.45, 2.75) is 51.7 Å². The fourth-order valence-corrected chi connectivity index (χ4v) is 4.30. The first-order valence-corrected chi connectivity index (χ1v) is 10.4. The highest BCUT2D eigenvalue weighted by molar-refractivity contribution is 5.69. The Labute approximate surface area is 181 Å². The van der Waals surface area contributed by atoms with Crippen molar-refractivity contribution in [2.75, 3.05) is 13.1 Å². The maximum Gasteiger partial charge on any atom is 0.410 e. The molecule has 162 valence electrons. The van der Waals surface area contributed by atoms with Gasteiger partial charge >= 0.3 is 6.09 Å². The van der Waals surface area contributed by atoms with E-state index in [-0.39, 0.29) is 23.7 Å². The first-order valence-electron chi connectivity index (χ1n) is 10.4. The highest BCUT2D eigenvalue weighted by Crippen LogP contribution is 2.56. The van der Waals surface area contributed by atoms with Gasteiger partial charge in [-0.3, -0.25) is 0 Å². The lowest BCUT2D eigenvalue weighted by molar-refractivity contribution is -0.0792. The number of nitrogens with zero attached hydrogens (tertiary/aromatic N) is 3. The minimum Gasteiger partial charge on any atom is -0.473 e. The molecule has 2 aliphatic rings. The van der Waals surface area contributed by atoms with E-state index in [0.29, 0.717) is 17.4 Å². The number of pyridine rings is 1. The Morgan fingerprint density at radius 3 is 2.68 bits per heavy atom. The first-order chi connectivity index (χ1) is 14.7. The summed E-state index contributed by atoms with van der Waals surface area (Å²) in [7, 11) is 0. The van der Waals surface area contributed by atoms with Gasteiger partial charge in [0.25, 0.3) is 0 Å². The average molecular weight is 423 g/mol. The summed E-state index contributed by atoms with van der Waals surface area (Å²) in [6.07, 6.45) is 1.71. The Morgan fingerprint density at radius 2 is 2.03 bits per heavy atom. The van der Waals surface area contributed by atoms with Crippen LogP contribution in [0.1, 0.15) is 56.4 Å². The monoisotopic (exact) mass is 423 g/mol. The lowest BCUT2D eigenvalue weighted by Gasteiger charge is -2.58. The molecule has 1 aromatic heterocycles. The molecule has 2 fully saturated rings. The summed E-state index contributed by atoms with van der Waals surface area (Å²) in [5.41, 5.74) is 1.31. The van der Waals surface area contributed by atoms with E-state index in [4.69, 9.17) is 14.7 Å².